The zero-order valence-corrected chi connectivity index (χ0v) is 11.5. The van der Waals surface area contributed by atoms with E-state index in [9.17, 15) is 18.0 Å². The fourth-order valence-electron chi connectivity index (χ4n) is 2.06. The van der Waals surface area contributed by atoms with E-state index in [1.165, 1.54) is 18.2 Å². The van der Waals surface area contributed by atoms with E-state index in [0.717, 1.165) is 19.2 Å². The van der Waals surface area contributed by atoms with Crippen LogP contribution in [0.3, 0.4) is 0 Å². The highest BCUT2D eigenvalue weighted by atomic mass is 19.1. The number of halogens is 3. The summed E-state index contributed by atoms with van der Waals surface area (Å²) in [6.07, 6.45) is 0.463. The van der Waals surface area contributed by atoms with Crippen LogP contribution in [-0.4, -0.2) is 13.1 Å². The third-order valence-corrected chi connectivity index (χ3v) is 3.19. The van der Waals surface area contributed by atoms with Crippen molar-refractivity contribution in [1.82, 2.24) is 0 Å². The highest BCUT2D eigenvalue weighted by Crippen LogP contribution is 2.26. The van der Waals surface area contributed by atoms with E-state index in [1.807, 2.05) is 0 Å². The summed E-state index contributed by atoms with van der Waals surface area (Å²) in [5, 5.41) is 0. The van der Waals surface area contributed by atoms with E-state index in [-0.39, 0.29) is 11.4 Å². The Morgan fingerprint density at radius 2 is 1.62 bits per heavy atom. The van der Waals surface area contributed by atoms with Crippen LogP contribution < -0.4 is 0 Å². The van der Waals surface area contributed by atoms with Crippen LogP contribution in [0.25, 0.3) is 11.1 Å². The molecule has 0 fully saturated rings. The maximum Gasteiger partial charge on any atom is 0.343 e. The van der Waals surface area contributed by atoms with Gasteiger partial charge in [0.05, 0.1) is 7.11 Å². The molecule has 0 atom stereocenters. The van der Waals surface area contributed by atoms with Crippen LogP contribution in [-0.2, 0) is 11.2 Å². The lowest BCUT2D eigenvalue weighted by atomic mass is 10.00. The Labute approximate surface area is 120 Å². The Morgan fingerprint density at radius 1 is 1.00 bits per heavy atom. The van der Waals surface area contributed by atoms with Crippen LogP contribution in [0, 0.1) is 17.5 Å². The molecule has 0 aliphatic carbocycles. The largest absolute Gasteiger partial charge is 0.465 e. The molecule has 5 heteroatoms. The summed E-state index contributed by atoms with van der Waals surface area (Å²) >= 11 is 0. The Bertz CT molecular complexity index is 673. The summed E-state index contributed by atoms with van der Waals surface area (Å²) in [7, 11) is 1.04. The molecule has 0 spiro atoms. The first-order valence-corrected chi connectivity index (χ1v) is 6.34. The number of rotatable bonds is 3. The number of hydrogen-bond acceptors (Lipinski definition) is 2. The second-order valence-electron chi connectivity index (χ2n) is 4.47. The molecule has 2 aromatic rings. The van der Waals surface area contributed by atoms with Crippen molar-refractivity contribution in [2.75, 3.05) is 7.11 Å². The SMILES string of the molecule is CCc1cc(-c2cc(F)c(C(=O)OC)c(F)c2)ccc1F. The van der Waals surface area contributed by atoms with Crippen molar-refractivity contribution in [3.8, 4) is 11.1 Å². The maximum atomic E-state index is 13.9. The number of hydrogen-bond donors (Lipinski definition) is 0. The van der Waals surface area contributed by atoms with Gasteiger partial charge < -0.3 is 4.74 Å². The summed E-state index contributed by atoms with van der Waals surface area (Å²) in [6, 6.07) is 6.27. The number of methoxy groups -OCH3 is 1. The smallest absolute Gasteiger partial charge is 0.343 e. The van der Waals surface area contributed by atoms with Crippen molar-refractivity contribution in [2.24, 2.45) is 0 Å². The van der Waals surface area contributed by atoms with Crippen LogP contribution in [0.5, 0.6) is 0 Å². The van der Waals surface area contributed by atoms with E-state index >= 15 is 0 Å². The lowest BCUT2D eigenvalue weighted by Crippen LogP contribution is -2.08. The van der Waals surface area contributed by atoms with Crippen LogP contribution >= 0.6 is 0 Å². The van der Waals surface area contributed by atoms with Crippen molar-refractivity contribution >= 4 is 5.97 Å². The Balaban J connectivity index is 2.54. The minimum absolute atomic E-state index is 0.229. The molecule has 2 aromatic carbocycles. The molecule has 0 saturated heterocycles. The molecule has 0 bridgehead atoms. The molecule has 0 aromatic heterocycles. The third-order valence-electron chi connectivity index (χ3n) is 3.19. The van der Waals surface area contributed by atoms with Crippen LogP contribution in [0.4, 0.5) is 13.2 Å². The van der Waals surface area contributed by atoms with Crippen molar-refractivity contribution in [1.29, 1.82) is 0 Å². The Morgan fingerprint density at radius 3 is 2.14 bits per heavy atom. The number of ether oxygens (including phenoxy) is 1. The number of carbonyl (C=O) groups is 1. The molecule has 110 valence electrons. The minimum atomic E-state index is -1.08. The van der Waals surface area contributed by atoms with Gasteiger partial charge in [-0.15, -0.1) is 0 Å². The first-order chi connectivity index (χ1) is 9.97. The summed E-state index contributed by atoms with van der Waals surface area (Å²) in [4.78, 5) is 11.3. The number of esters is 1. The second-order valence-corrected chi connectivity index (χ2v) is 4.47. The Hall–Kier alpha value is -2.30. The molecule has 0 unspecified atom stereocenters. The molecule has 21 heavy (non-hydrogen) atoms. The van der Waals surface area contributed by atoms with Crippen molar-refractivity contribution in [3.05, 3.63) is 58.9 Å². The molecular weight excluding hydrogens is 281 g/mol. The number of carbonyl (C=O) groups excluding carboxylic acids is 1. The predicted octanol–water partition coefficient (Wildman–Crippen LogP) is 4.12. The van der Waals surface area contributed by atoms with Gasteiger partial charge >= 0.3 is 5.97 Å². The highest BCUT2D eigenvalue weighted by molar-refractivity contribution is 5.90. The van der Waals surface area contributed by atoms with Gasteiger partial charge in [0.1, 0.15) is 23.0 Å². The van der Waals surface area contributed by atoms with Gasteiger partial charge in [0, 0.05) is 0 Å². The van der Waals surface area contributed by atoms with Gasteiger partial charge in [-0.1, -0.05) is 13.0 Å². The van der Waals surface area contributed by atoms with Crippen LogP contribution in [0.15, 0.2) is 30.3 Å². The van der Waals surface area contributed by atoms with Gasteiger partial charge in [-0.2, -0.15) is 0 Å². The molecule has 0 saturated carbocycles. The fourth-order valence-corrected chi connectivity index (χ4v) is 2.06. The van der Waals surface area contributed by atoms with Gasteiger partial charge in [-0.05, 0) is 47.4 Å². The summed E-state index contributed by atoms with van der Waals surface area (Å²) in [5.41, 5.74) is 0.416. The van der Waals surface area contributed by atoms with E-state index in [4.69, 9.17) is 0 Å². The maximum absolute atomic E-state index is 13.9. The molecule has 0 aliphatic heterocycles. The van der Waals surface area contributed by atoms with Crippen LogP contribution in [0.1, 0.15) is 22.8 Å². The molecule has 0 heterocycles. The van der Waals surface area contributed by atoms with E-state index in [2.05, 4.69) is 4.74 Å². The van der Waals surface area contributed by atoms with Gasteiger partial charge in [0.15, 0.2) is 0 Å². The van der Waals surface area contributed by atoms with Gasteiger partial charge in [0.2, 0.25) is 0 Å². The van der Waals surface area contributed by atoms with Crippen molar-refractivity contribution in [2.45, 2.75) is 13.3 Å². The average Bonchev–Trinajstić information content (AvgIpc) is 2.46. The predicted molar refractivity (Wildman–Crippen MR) is 72.5 cm³/mol. The van der Waals surface area contributed by atoms with E-state index in [0.29, 0.717) is 17.5 Å². The summed E-state index contributed by atoms with van der Waals surface area (Å²) in [5.74, 6) is -3.48. The van der Waals surface area contributed by atoms with Gasteiger partial charge in [0.25, 0.3) is 0 Å². The molecule has 2 rings (SSSR count). The lowest BCUT2D eigenvalue weighted by Gasteiger charge is -2.09. The van der Waals surface area contributed by atoms with Crippen molar-refractivity contribution in [3.63, 3.8) is 0 Å². The highest BCUT2D eigenvalue weighted by Gasteiger charge is 2.19. The first-order valence-electron chi connectivity index (χ1n) is 6.34. The minimum Gasteiger partial charge on any atom is -0.465 e. The lowest BCUT2D eigenvalue weighted by molar-refractivity contribution is 0.0590. The topological polar surface area (TPSA) is 26.3 Å². The normalized spacial score (nSPS) is 10.5. The number of aryl methyl sites for hydroxylation is 1. The summed E-state index contributed by atoms with van der Waals surface area (Å²) < 4.78 is 45.5. The molecule has 0 N–H and O–H groups in total. The summed E-state index contributed by atoms with van der Waals surface area (Å²) in [6.45, 7) is 1.78. The molecule has 0 aliphatic rings. The van der Waals surface area contributed by atoms with Gasteiger partial charge in [-0.3, -0.25) is 0 Å². The van der Waals surface area contributed by atoms with E-state index in [1.54, 1.807) is 6.92 Å². The molecule has 2 nitrogen and oxygen atoms in total. The monoisotopic (exact) mass is 294 g/mol. The average molecular weight is 294 g/mol. The van der Waals surface area contributed by atoms with Crippen molar-refractivity contribution < 1.29 is 22.7 Å². The molecular formula is C16H13F3O2. The van der Waals surface area contributed by atoms with Crippen LogP contribution in [0.2, 0.25) is 0 Å². The third kappa shape index (κ3) is 2.91. The zero-order chi connectivity index (χ0) is 15.6. The standard InChI is InChI=1S/C16H13F3O2/c1-3-9-6-10(4-5-12(9)17)11-7-13(18)15(14(19)8-11)16(20)21-2/h4-8H,3H2,1-2H3. The van der Waals surface area contributed by atoms with Gasteiger partial charge in [-0.25, -0.2) is 18.0 Å². The number of benzene rings is 2. The van der Waals surface area contributed by atoms with E-state index < -0.39 is 23.2 Å². The Kier molecular flexibility index (Phi) is 4.31. The molecule has 0 amide bonds. The molecule has 0 radical (unpaired) electrons. The zero-order valence-electron chi connectivity index (χ0n) is 11.5. The quantitative estimate of drug-likeness (QED) is 0.796. The fraction of sp³-hybridized carbons (Fsp3) is 0.188. The second kappa shape index (κ2) is 5.99. The first kappa shape index (κ1) is 15.1.